The molecule has 0 radical (unpaired) electrons. The second-order valence-corrected chi connectivity index (χ2v) is 8.19. The number of carbonyl (C=O) groups is 1. The largest absolute Gasteiger partial charge is 0.476 e. The van der Waals surface area contributed by atoms with Gasteiger partial charge in [0.2, 0.25) is 11.8 Å². The topological polar surface area (TPSA) is 92.3 Å². The van der Waals surface area contributed by atoms with Crippen LogP contribution >= 0.6 is 0 Å². The van der Waals surface area contributed by atoms with Crippen LogP contribution in [0.1, 0.15) is 10.5 Å². The third-order valence-corrected chi connectivity index (χ3v) is 5.60. The summed E-state index contributed by atoms with van der Waals surface area (Å²) in [6.07, 6.45) is 0. The quantitative estimate of drug-likeness (QED) is 0.632. The number of nitrogens with one attached hydrogen (secondary N) is 1. The van der Waals surface area contributed by atoms with E-state index in [1.807, 2.05) is 48.2 Å². The number of rotatable bonds is 8. The van der Waals surface area contributed by atoms with E-state index in [4.69, 9.17) is 14.2 Å². The molecule has 10 nitrogen and oxygen atoms in total. The van der Waals surface area contributed by atoms with Gasteiger partial charge in [-0.2, -0.15) is 4.98 Å². The molecule has 2 aliphatic heterocycles. The Morgan fingerprint density at radius 3 is 2.52 bits per heavy atom. The van der Waals surface area contributed by atoms with E-state index in [2.05, 4.69) is 20.2 Å². The van der Waals surface area contributed by atoms with Crippen molar-refractivity contribution in [3.05, 3.63) is 36.0 Å². The van der Waals surface area contributed by atoms with Crippen molar-refractivity contribution in [3.63, 3.8) is 0 Å². The predicted molar refractivity (Wildman–Crippen MR) is 127 cm³/mol. The van der Waals surface area contributed by atoms with Gasteiger partial charge in [-0.3, -0.25) is 9.69 Å². The van der Waals surface area contributed by atoms with E-state index < -0.39 is 0 Å². The number of amides is 1. The van der Waals surface area contributed by atoms with Crippen LogP contribution in [0.5, 0.6) is 5.88 Å². The average molecular weight is 457 g/mol. The highest BCUT2D eigenvalue weighted by molar-refractivity contribution is 6.03. The molecular formula is C23H32N6O4. The van der Waals surface area contributed by atoms with Crippen LogP contribution in [0.2, 0.25) is 0 Å². The fourth-order valence-corrected chi connectivity index (χ4v) is 3.67. The zero-order chi connectivity index (χ0) is 23.0. The summed E-state index contributed by atoms with van der Waals surface area (Å²) in [5.74, 6) is 0.571. The SMILES string of the molecule is CN(C)c1cccc(NC(=O)c2cc(OCCN3CCOCC3)nc(N3CCOCC3)n2)c1. The Hall–Kier alpha value is -2.95. The molecule has 4 rings (SSSR count). The maximum atomic E-state index is 13.1. The number of benzene rings is 1. The summed E-state index contributed by atoms with van der Waals surface area (Å²) in [5, 5.41) is 2.94. The van der Waals surface area contributed by atoms with Gasteiger partial charge in [-0.1, -0.05) is 6.07 Å². The molecule has 0 atom stereocenters. The van der Waals surface area contributed by atoms with E-state index in [9.17, 15) is 4.79 Å². The zero-order valence-electron chi connectivity index (χ0n) is 19.3. The smallest absolute Gasteiger partial charge is 0.274 e. The van der Waals surface area contributed by atoms with Gasteiger partial charge in [-0.05, 0) is 18.2 Å². The van der Waals surface area contributed by atoms with E-state index in [1.54, 1.807) is 6.07 Å². The molecule has 2 aliphatic rings. The Morgan fingerprint density at radius 1 is 1.06 bits per heavy atom. The van der Waals surface area contributed by atoms with Gasteiger partial charge in [0.15, 0.2) is 0 Å². The first kappa shape index (κ1) is 23.2. The summed E-state index contributed by atoms with van der Waals surface area (Å²) in [5.41, 5.74) is 1.97. The lowest BCUT2D eigenvalue weighted by Crippen LogP contribution is -2.39. The van der Waals surface area contributed by atoms with E-state index >= 15 is 0 Å². The van der Waals surface area contributed by atoms with Crippen LogP contribution in [0.25, 0.3) is 0 Å². The molecule has 1 N–H and O–H groups in total. The van der Waals surface area contributed by atoms with Crippen molar-refractivity contribution >= 4 is 23.2 Å². The molecule has 0 saturated carbocycles. The summed E-state index contributed by atoms with van der Waals surface area (Å²) in [4.78, 5) is 28.5. The Morgan fingerprint density at radius 2 is 1.79 bits per heavy atom. The van der Waals surface area contributed by atoms with Gasteiger partial charge in [0, 0.05) is 64.3 Å². The molecule has 3 heterocycles. The van der Waals surface area contributed by atoms with Crippen LogP contribution in [0.15, 0.2) is 30.3 Å². The standard InChI is InChI=1S/C23H32N6O4/c1-27(2)19-5-3-4-18(16-19)24-22(30)20-17-21(33-15-8-28-6-11-31-12-7-28)26-23(25-20)29-9-13-32-14-10-29/h3-5,16-17H,6-15H2,1-2H3,(H,24,30). The molecule has 2 saturated heterocycles. The highest BCUT2D eigenvalue weighted by atomic mass is 16.5. The minimum absolute atomic E-state index is 0.267. The van der Waals surface area contributed by atoms with E-state index in [0.717, 1.165) is 38.5 Å². The molecule has 2 aromatic rings. The average Bonchev–Trinajstić information content (AvgIpc) is 2.85. The van der Waals surface area contributed by atoms with Crippen molar-refractivity contribution in [2.24, 2.45) is 0 Å². The zero-order valence-corrected chi connectivity index (χ0v) is 19.3. The van der Waals surface area contributed by atoms with Crippen molar-refractivity contribution in [2.75, 3.05) is 95.0 Å². The Kier molecular flexibility index (Phi) is 7.92. The summed E-state index contributed by atoms with van der Waals surface area (Å²) in [6, 6.07) is 9.27. The molecule has 1 amide bonds. The molecule has 178 valence electrons. The number of hydrogen-bond donors (Lipinski definition) is 1. The lowest BCUT2D eigenvalue weighted by Gasteiger charge is -2.27. The number of morpholine rings is 2. The molecule has 0 unspecified atom stereocenters. The van der Waals surface area contributed by atoms with Gasteiger partial charge in [0.25, 0.3) is 5.91 Å². The first-order valence-electron chi connectivity index (χ1n) is 11.3. The van der Waals surface area contributed by atoms with Gasteiger partial charge < -0.3 is 29.3 Å². The lowest BCUT2D eigenvalue weighted by molar-refractivity contribution is 0.0320. The molecule has 0 spiro atoms. The van der Waals surface area contributed by atoms with Crippen molar-refractivity contribution < 1.29 is 19.0 Å². The van der Waals surface area contributed by atoms with Gasteiger partial charge in [-0.15, -0.1) is 0 Å². The number of ether oxygens (including phenoxy) is 3. The molecule has 33 heavy (non-hydrogen) atoms. The number of aromatic nitrogens is 2. The second-order valence-electron chi connectivity index (χ2n) is 8.19. The highest BCUT2D eigenvalue weighted by Crippen LogP contribution is 2.21. The second kappa shape index (κ2) is 11.3. The monoisotopic (exact) mass is 456 g/mol. The van der Waals surface area contributed by atoms with Crippen LogP contribution in [0, 0.1) is 0 Å². The van der Waals surface area contributed by atoms with Crippen LogP contribution in [0.3, 0.4) is 0 Å². The summed E-state index contributed by atoms with van der Waals surface area (Å²) >= 11 is 0. The lowest BCUT2D eigenvalue weighted by atomic mass is 10.2. The highest BCUT2D eigenvalue weighted by Gasteiger charge is 2.19. The molecule has 2 fully saturated rings. The van der Waals surface area contributed by atoms with Crippen molar-refractivity contribution in [1.82, 2.24) is 14.9 Å². The number of nitrogens with zero attached hydrogens (tertiary/aromatic N) is 5. The third-order valence-electron chi connectivity index (χ3n) is 5.60. The van der Waals surface area contributed by atoms with Gasteiger partial charge in [0.1, 0.15) is 12.3 Å². The van der Waals surface area contributed by atoms with Gasteiger partial charge in [-0.25, -0.2) is 4.98 Å². The third kappa shape index (κ3) is 6.53. The van der Waals surface area contributed by atoms with Crippen LogP contribution in [0.4, 0.5) is 17.3 Å². The number of anilines is 3. The van der Waals surface area contributed by atoms with E-state index in [1.165, 1.54) is 0 Å². The van der Waals surface area contributed by atoms with E-state index in [-0.39, 0.29) is 11.6 Å². The summed E-state index contributed by atoms with van der Waals surface area (Å²) in [6.45, 7) is 7.07. The number of carbonyl (C=O) groups excluding carboxylic acids is 1. The van der Waals surface area contributed by atoms with Crippen LogP contribution in [-0.2, 0) is 9.47 Å². The Balaban J connectivity index is 1.49. The van der Waals surface area contributed by atoms with E-state index in [0.29, 0.717) is 50.4 Å². The Bertz CT molecular complexity index is 929. The molecule has 1 aromatic heterocycles. The molecule has 10 heteroatoms. The van der Waals surface area contributed by atoms with Crippen molar-refractivity contribution in [3.8, 4) is 5.88 Å². The predicted octanol–water partition coefficient (Wildman–Crippen LogP) is 1.34. The first-order chi connectivity index (χ1) is 16.1. The Labute approximate surface area is 194 Å². The normalized spacial score (nSPS) is 17.0. The van der Waals surface area contributed by atoms with Crippen molar-refractivity contribution in [2.45, 2.75) is 0 Å². The summed E-state index contributed by atoms with van der Waals surface area (Å²) < 4.78 is 16.8. The van der Waals surface area contributed by atoms with Gasteiger partial charge in [0.05, 0.1) is 26.4 Å². The minimum Gasteiger partial charge on any atom is -0.476 e. The van der Waals surface area contributed by atoms with Crippen molar-refractivity contribution in [1.29, 1.82) is 0 Å². The maximum absolute atomic E-state index is 13.1. The molecular weight excluding hydrogens is 424 g/mol. The number of hydrogen-bond acceptors (Lipinski definition) is 9. The fraction of sp³-hybridized carbons (Fsp3) is 0.522. The molecule has 0 aliphatic carbocycles. The van der Waals surface area contributed by atoms with Gasteiger partial charge >= 0.3 is 0 Å². The molecule has 1 aromatic carbocycles. The van der Waals surface area contributed by atoms with Crippen LogP contribution < -0.4 is 19.9 Å². The first-order valence-corrected chi connectivity index (χ1v) is 11.3. The summed E-state index contributed by atoms with van der Waals surface area (Å²) in [7, 11) is 3.92. The minimum atomic E-state index is -0.305. The van der Waals surface area contributed by atoms with Crippen LogP contribution in [-0.4, -0.2) is 101 Å². The fourth-order valence-electron chi connectivity index (χ4n) is 3.67. The maximum Gasteiger partial charge on any atom is 0.274 e. The molecule has 0 bridgehead atoms.